The van der Waals surface area contributed by atoms with E-state index in [4.69, 9.17) is 9.52 Å². The zero-order valence-electron chi connectivity index (χ0n) is 13.6. The van der Waals surface area contributed by atoms with Gasteiger partial charge in [0.1, 0.15) is 11.5 Å². The summed E-state index contributed by atoms with van der Waals surface area (Å²) >= 11 is 0.877. The van der Waals surface area contributed by atoms with Crippen LogP contribution in [0.3, 0.4) is 0 Å². The van der Waals surface area contributed by atoms with Gasteiger partial charge >= 0.3 is 5.97 Å². The Morgan fingerprint density at radius 3 is 2.64 bits per heavy atom. The standard InChI is InChI=1S/C18H15NO5S/c1-10(2)19-16(20)15(25-18(19)23)9-13-6-7-14(24-13)11-4-3-5-12(8-11)17(21)22/h3-10H,1-2H3,(H,21,22). The molecule has 2 heterocycles. The summed E-state index contributed by atoms with van der Waals surface area (Å²) in [6.07, 6.45) is 1.53. The van der Waals surface area contributed by atoms with Crippen LogP contribution in [0.4, 0.5) is 4.79 Å². The SMILES string of the molecule is CC(C)N1C(=O)SC(=Cc2ccc(-c3cccc(C(=O)O)c3)o2)C1=O. The van der Waals surface area contributed by atoms with Crippen LogP contribution in [-0.2, 0) is 4.79 Å². The zero-order valence-corrected chi connectivity index (χ0v) is 14.4. The molecule has 128 valence electrons. The van der Waals surface area contributed by atoms with Crippen LogP contribution in [0.15, 0.2) is 45.7 Å². The van der Waals surface area contributed by atoms with Gasteiger partial charge in [-0.25, -0.2) is 4.79 Å². The Hall–Kier alpha value is -2.80. The van der Waals surface area contributed by atoms with E-state index in [1.54, 1.807) is 38.1 Å². The van der Waals surface area contributed by atoms with E-state index in [1.807, 2.05) is 0 Å². The van der Waals surface area contributed by atoms with Crippen LogP contribution in [0.25, 0.3) is 17.4 Å². The van der Waals surface area contributed by atoms with Gasteiger partial charge in [0.05, 0.1) is 10.5 Å². The first-order valence-corrected chi connectivity index (χ1v) is 8.39. The highest BCUT2D eigenvalue weighted by Gasteiger charge is 2.36. The Morgan fingerprint density at radius 2 is 2.00 bits per heavy atom. The summed E-state index contributed by atoms with van der Waals surface area (Å²) in [4.78, 5) is 36.7. The largest absolute Gasteiger partial charge is 0.478 e. The van der Waals surface area contributed by atoms with E-state index in [1.165, 1.54) is 23.1 Å². The van der Waals surface area contributed by atoms with Crippen molar-refractivity contribution in [2.24, 2.45) is 0 Å². The fraction of sp³-hybridized carbons (Fsp3) is 0.167. The average molecular weight is 357 g/mol. The van der Waals surface area contributed by atoms with Crippen LogP contribution in [0.5, 0.6) is 0 Å². The maximum absolute atomic E-state index is 12.3. The molecule has 2 amide bonds. The van der Waals surface area contributed by atoms with Gasteiger partial charge in [0.2, 0.25) is 0 Å². The molecule has 25 heavy (non-hydrogen) atoms. The normalized spacial score (nSPS) is 16.3. The number of carbonyl (C=O) groups is 3. The molecular weight excluding hydrogens is 342 g/mol. The molecule has 1 saturated heterocycles. The lowest BCUT2D eigenvalue weighted by atomic mass is 10.1. The van der Waals surface area contributed by atoms with E-state index >= 15 is 0 Å². The molecule has 0 unspecified atom stereocenters. The van der Waals surface area contributed by atoms with Gasteiger partial charge in [-0.05, 0) is 49.9 Å². The van der Waals surface area contributed by atoms with Crippen LogP contribution in [0.2, 0.25) is 0 Å². The minimum Gasteiger partial charge on any atom is -0.478 e. The molecule has 0 aliphatic carbocycles. The Balaban J connectivity index is 1.88. The lowest BCUT2D eigenvalue weighted by molar-refractivity contribution is -0.123. The molecule has 1 aliphatic rings. The quantitative estimate of drug-likeness (QED) is 0.829. The Kier molecular flexibility index (Phi) is 4.50. The molecule has 7 heteroatoms. The smallest absolute Gasteiger partial charge is 0.335 e. The number of hydrogen-bond acceptors (Lipinski definition) is 5. The third kappa shape index (κ3) is 3.36. The predicted molar refractivity (Wildman–Crippen MR) is 94.0 cm³/mol. The van der Waals surface area contributed by atoms with Crippen LogP contribution >= 0.6 is 11.8 Å². The lowest BCUT2D eigenvalue weighted by Crippen LogP contribution is -2.34. The topological polar surface area (TPSA) is 87.8 Å². The molecule has 2 aromatic rings. The molecule has 6 nitrogen and oxygen atoms in total. The summed E-state index contributed by atoms with van der Waals surface area (Å²) < 4.78 is 5.68. The van der Waals surface area contributed by atoms with E-state index in [0.717, 1.165) is 11.8 Å². The zero-order chi connectivity index (χ0) is 18.1. The molecule has 1 aromatic carbocycles. The monoisotopic (exact) mass is 357 g/mol. The maximum atomic E-state index is 12.3. The molecule has 1 aliphatic heterocycles. The molecule has 0 radical (unpaired) electrons. The number of carboxylic acid groups (broad SMARTS) is 1. The Labute approximate surface area is 148 Å². The Morgan fingerprint density at radius 1 is 1.24 bits per heavy atom. The molecule has 0 spiro atoms. The molecule has 0 atom stereocenters. The molecular formula is C18H15NO5S. The van der Waals surface area contributed by atoms with Gasteiger partial charge in [-0.2, -0.15) is 0 Å². The van der Waals surface area contributed by atoms with Gasteiger partial charge in [0.25, 0.3) is 11.1 Å². The fourth-order valence-electron chi connectivity index (χ4n) is 2.45. The Bertz CT molecular complexity index is 896. The average Bonchev–Trinajstić information content (AvgIpc) is 3.13. The van der Waals surface area contributed by atoms with E-state index in [2.05, 4.69) is 0 Å². The first kappa shape index (κ1) is 17.0. The van der Waals surface area contributed by atoms with E-state index in [0.29, 0.717) is 22.0 Å². The summed E-state index contributed by atoms with van der Waals surface area (Å²) in [7, 11) is 0. The lowest BCUT2D eigenvalue weighted by Gasteiger charge is -2.16. The summed E-state index contributed by atoms with van der Waals surface area (Å²) in [5.41, 5.74) is 0.781. The van der Waals surface area contributed by atoms with Crippen molar-refractivity contribution in [2.45, 2.75) is 19.9 Å². The number of rotatable bonds is 4. The maximum Gasteiger partial charge on any atom is 0.335 e. The minimum atomic E-state index is -1.02. The highest BCUT2D eigenvalue weighted by molar-refractivity contribution is 8.18. The third-order valence-corrected chi connectivity index (χ3v) is 4.52. The fourth-order valence-corrected chi connectivity index (χ4v) is 3.39. The molecule has 1 aromatic heterocycles. The van der Waals surface area contributed by atoms with Crippen molar-refractivity contribution in [3.63, 3.8) is 0 Å². The predicted octanol–water partition coefficient (Wildman–Crippen LogP) is 4.09. The van der Waals surface area contributed by atoms with Crippen molar-refractivity contribution >= 4 is 35.0 Å². The minimum absolute atomic E-state index is 0.161. The van der Waals surface area contributed by atoms with Gasteiger partial charge in [0, 0.05) is 17.7 Å². The van der Waals surface area contributed by atoms with Crippen LogP contribution in [-0.4, -0.2) is 33.2 Å². The van der Waals surface area contributed by atoms with Gasteiger partial charge < -0.3 is 9.52 Å². The molecule has 3 rings (SSSR count). The second-order valence-corrected chi connectivity index (χ2v) is 6.73. The molecule has 0 bridgehead atoms. The number of thioether (sulfide) groups is 1. The van der Waals surface area contributed by atoms with Crippen molar-refractivity contribution in [1.82, 2.24) is 4.90 Å². The highest BCUT2D eigenvalue weighted by atomic mass is 32.2. The number of furan rings is 1. The van der Waals surface area contributed by atoms with Crippen molar-refractivity contribution in [2.75, 3.05) is 0 Å². The van der Waals surface area contributed by atoms with E-state index < -0.39 is 5.97 Å². The van der Waals surface area contributed by atoms with Crippen molar-refractivity contribution < 1.29 is 23.9 Å². The molecule has 0 saturated carbocycles. The number of carbonyl (C=O) groups excluding carboxylic acids is 2. The van der Waals surface area contributed by atoms with Crippen molar-refractivity contribution in [1.29, 1.82) is 0 Å². The summed E-state index contributed by atoms with van der Waals surface area (Å²) in [6, 6.07) is 9.54. The summed E-state index contributed by atoms with van der Waals surface area (Å²) in [5, 5.41) is 8.76. The van der Waals surface area contributed by atoms with Gasteiger partial charge in [0.15, 0.2) is 0 Å². The van der Waals surface area contributed by atoms with Gasteiger partial charge in [-0.3, -0.25) is 14.5 Å². The first-order valence-electron chi connectivity index (χ1n) is 7.57. The van der Waals surface area contributed by atoms with Crippen molar-refractivity contribution in [3.05, 3.63) is 52.6 Å². The first-order chi connectivity index (χ1) is 11.9. The van der Waals surface area contributed by atoms with Gasteiger partial charge in [-0.15, -0.1) is 0 Å². The second kappa shape index (κ2) is 6.60. The number of nitrogens with zero attached hydrogens (tertiary/aromatic N) is 1. The van der Waals surface area contributed by atoms with Crippen LogP contribution in [0, 0.1) is 0 Å². The van der Waals surface area contributed by atoms with E-state index in [9.17, 15) is 14.4 Å². The number of imide groups is 1. The number of aromatic carboxylic acids is 1. The number of amides is 2. The third-order valence-electron chi connectivity index (χ3n) is 3.63. The van der Waals surface area contributed by atoms with Crippen LogP contribution in [0.1, 0.15) is 30.0 Å². The van der Waals surface area contributed by atoms with Crippen LogP contribution < -0.4 is 0 Å². The number of benzene rings is 1. The number of hydrogen-bond donors (Lipinski definition) is 1. The number of carboxylic acids is 1. The highest BCUT2D eigenvalue weighted by Crippen LogP contribution is 2.34. The second-order valence-electron chi connectivity index (χ2n) is 5.73. The summed E-state index contributed by atoms with van der Waals surface area (Å²) in [5.74, 6) is -0.450. The molecule has 1 N–H and O–H groups in total. The molecule has 1 fully saturated rings. The van der Waals surface area contributed by atoms with E-state index in [-0.39, 0.29) is 22.8 Å². The summed E-state index contributed by atoms with van der Waals surface area (Å²) in [6.45, 7) is 3.56. The van der Waals surface area contributed by atoms with Gasteiger partial charge in [-0.1, -0.05) is 12.1 Å². The van der Waals surface area contributed by atoms with Crippen molar-refractivity contribution in [3.8, 4) is 11.3 Å².